The number of para-hydroxylation sites is 1. The lowest BCUT2D eigenvalue weighted by atomic mass is 10.00. The van der Waals surface area contributed by atoms with Crippen LogP contribution in [0.5, 0.6) is 5.75 Å². The highest BCUT2D eigenvalue weighted by molar-refractivity contribution is 6.02. The predicted molar refractivity (Wildman–Crippen MR) is 160 cm³/mol. The molecule has 0 saturated carbocycles. The Morgan fingerprint density at radius 1 is 1.08 bits per heavy atom. The number of aromatic nitrogens is 3. The third-order valence-electron chi connectivity index (χ3n) is 6.18. The van der Waals surface area contributed by atoms with E-state index < -0.39 is 0 Å². The zero-order valence-corrected chi connectivity index (χ0v) is 25.6. The van der Waals surface area contributed by atoms with E-state index in [1.165, 1.54) is 43.5 Å². The van der Waals surface area contributed by atoms with E-state index in [0.29, 0.717) is 23.4 Å². The number of methoxy groups -OCH3 is 1. The van der Waals surface area contributed by atoms with Crippen molar-refractivity contribution in [1.29, 1.82) is 0 Å². The van der Waals surface area contributed by atoms with Gasteiger partial charge in [-0.2, -0.15) is 9.61 Å². The predicted octanol–water partition coefficient (Wildman–Crippen LogP) is 7.81. The van der Waals surface area contributed by atoms with Crippen molar-refractivity contribution in [1.82, 2.24) is 14.6 Å². The first-order chi connectivity index (χ1) is 18.4. The number of unbranched alkanes of at least 4 members (excludes halogenated alkanes) is 3. The highest BCUT2D eigenvalue weighted by atomic mass is 16.6. The number of hydrogen-bond donors (Lipinski definition) is 1. The van der Waals surface area contributed by atoms with Crippen LogP contribution in [0.1, 0.15) is 117 Å². The lowest BCUT2D eigenvalue weighted by Crippen LogP contribution is -2.21. The fourth-order valence-electron chi connectivity index (χ4n) is 3.77. The van der Waals surface area contributed by atoms with E-state index >= 15 is 0 Å². The number of benzene rings is 1. The summed E-state index contributed by atoms with van der Waals surface area (Å²) in [6, 6.07) is 7.48. The molecule has 8 heteroatoms. The first-order valence-electron chi connectivity index (χ1n) is 14.2. The van der Waals surface area contributed by atoms with Gasteiger partial charge in [-0.05, 0) is 45.2 Å². The van der Waals surface area contributed by atoms with E-state index in [1.54, 1.807) is 13.2 Å². The quantitative estimate of drug-likeness (QED) is 0.158. The van der Waals surface area contributed by atoms with Crippen LogP contribution in [-0.2, 0) is 9.53 Å². The number of anilines is 1. The maximum atomic E-state index is 12.6. The van der Waals surface area contributed by atoms with Crippen molar-refractivity contribution in [2.24, 2.45) is 5.92 Å². The minimum Gasteiger partial charge on any atom is -0.494 e. The van der Waals surface area contributed by atoms with Gasteiger partial charge in [-0.15, -0.1) is 0 Å². The van der Waals surface area contributed by atoms with E-state index in [1.807, 2.05) is 39.0 Å². The number of esters is 1. The molecule has 1 unspecified atom stereocenters. The molecule has 1 aromatic carbocycles. The van der Waals surface area contributed by atoms with Crippen molar-refractivity contribution in [3.63, 3.8) is 0 Å². The van der Waals surface area contributed by atoms with Gasteiger partial charge in [0.05, 0.1) is 12.6 Å². The third-order valence-corrected chi connectivity index (χ3v) is 6.18. The number of rotatable bonds is 10. The number of ether oxygens (including phenoxy) is 2. The van der Waals surface area contributed by atoms with Crippen molar-refractivity contribution >= 4 is 34.1 Å². The normalized spacial score (nSPS) is 11.7. The summed E-state index contributed by atoms with van der Waals surface area (Å²) >= 11 is 0. The highest BCUT2D eigenvalue weighted by Gasteiger charge is 2.16. The average molecular weight is 543 g/mol. The van der Waals surface area contributed by atoms with Crippen LogP contribution in [0.4, 0.5) is 5.95 Å². The Morgan fingerprint density at radius 3 is 2.26 bits per heavy atom. The molecule has 0 aliphatic carbocycles. The SMILES string of the molecule is CC(=O)OC(C)(C)C.CCC(C)CCCCCC(=O)c1cc2c3cccc(OC)c3nc(N)n2n1.CCCC. The van der Waals surface area contributed by atoms with Gasteiger partial charge in [0, 0.05) is 18.7 Å². The molecule has 1 atom stereocenters. The molecule has 2 aromatic heterocycles. The number of ketones is 1. The van der Waals surface area contributed by atoms with Crippen LogP contribution in [0.15, 0.2) is 24.3 Å². The zero-order chi connectivity index (χ0) is 29.6. The Labute approximate surface area is 234 Å². The maximum Gasteiger partial charge on any atom is 0.303 e. The molecule has 0 amide bonds. The van der Waals surface area contributed by atoms with E-state index in [0.717, 1.165) is 29.7 Å². The average Bonchev–Trinajstić information content (AvgIpc) is 3.34. The second-order valence-electron chi connectivity index (χ2n) is 10.9. The molecule has 0 aliphatic rings. The van der Waals surface area contributed by atoms with Gasteiger partial charge in [0.15, 0.2) is 5.78 Å². The van der Waals surface area contributed by atoms with E-state index in [-0.39, 0.29) is 23.3 Å². The highest BCUT2D eigenvalue weighted by Crippen LogP contribution is 2.29. The minimum atomic E-state index is -0.328. The van der Waals surface area contributed by atoms with Crippen LogP contribution in [-0.4, -0.2) is 39.1 Å². The summed E-state index contributed by atoms with van der Waals surface area (Å²) in [5.41, 5.74) is 7.63. The summed E-state index contributed by atoms with van der Waals surface area (Å²) in [4.78, 5) is 27.2. The second kappa shape index (κ2) is 16.7. The van der Waals surface area contributed by atoms with E-state index in [4.69, 9.17) is 15.2 Å². The molecule has 218 valence electrons. The number of carbonyl (C=O) groups is 2. The Kier molecular flexibility index (Phi) is 14.5. The van der Waals surface area contributed by atoms with Crippen molar-refractivity contribution in [2.45, 2.75) is 112 Å². The zero-order valence-electron chi connectivity index (χ0n) is 25.6. The van der Waals surface area contributed by atoms with Gasteiger partial charge in [-0.1, -0.05) is 78.4 Å². The molecule has 2 heterocycles. The van der Waals surface area contributed by atoms with Gasteiger partial charge in [-0.25, -0.2) is 4.98 Å². The number of nitrogen functional groups attached to an aromatic ring is 1. The van der Waals surface area contributed by atoms with Crippen molar-refractivity contribution in [2.75, 3.05) is 12.8 Å². The maximum absolute atomic E-state index is 12.6. The van der Waals surface area contributed by atoms with Gasteiger partial charge in [0.25, 0.3) is 0 Å². The first kappa shape index (κ1) is 33.9. The van der Waals surface area contributed by atoms with Crippen LogP contribution in [0.2, 0.25) is 0 Å². The molecular weight excluding hydrogens is 492 g/mol. The number of Topliss-reactive ketones (excluding diaryl/α,β-unsaturated/α-hetero) is 1. The monoisotopic (exact) mass is 542 g/mol. The van der Waals surface area contributed by atoms with Crippen molar-refractivity contribution in [3.05, 3.63) is 30.0 Å². The lowest BCUT2D eigenvalue weighted by molar-refractivity contribution is -0.151. The molecular formula is C31H50N4O4. The molecule has 39 heavy (non-hydrogen) atoms. The largest absolute Gasteiger partial charge is 0.494 e. The molecule has 3 aromatic rings. The molecule has 8 nitrogen and oxygen atoms in total. The smallest absolute Gasteiger partial charge is 0.303 e. The molecule has 0 bridgehead atoms. The van der Waals surface area contributed by atoms with E-state index in [9.17, 15) is 9.59 Å². The number of nitrogens with zero attached hydrogens (tertiary/aromatic N) is 3. The molecule has 2 N–H and O–H groups in total. The van der Waals surface area contributed by atoms with Crippen LogP contribution >= 0.6 is 0 Å². The number of carbonyl (C=O) groups excluding carboxylic acids is 2. The molecule has 0 aliphatic heterocycles. The standard InChI is InChI=1S/C21H28N4O2.C6H12O2.C4H10/c1-4-14(2)9-6-5-7-11-18(26)16-13-17-15-10-8-12-19(27-3)20(15)23-21(22)25(17)24-16;1-5(7)8-6(2,3)4;1-3-4-2/h8,10,12-14H,4-7,9,11H2,1-3H3,(H2,22,23);1-4H3;3-4H2,1-2H3. The third kappa shape index (κ3) is 11.6. The minimum absolute atomic E-state index is 0.0534. The first-order valence-corrected chi connectivity index (χ1v) is 14.2. The number of nitrogens with two attached hydrogens (primary N) is 1. The van der Waals surface area contributed by atoms with Gasteiger partial charge in [0.2, 0.25) is 5.95 Å². The summed E-state index contributed by atoms with van der Waals surface area (Å²) in [5, 5.41) is 5.26. The summed E-state index contributed by atoms with van der Waals surface area (Å²) in [7, 11) is 1.60. The fraction of sp³-hybridized carbons (Fsp3) is 0.613. The van der Waals surface area contributed by atoms with Crippen LogP contribution < -0.4 is 10.5 Å². The second-order valence-corrected chi connectivity index (χ2v) is 10.9. The van der Waals surface area contributed by atoms with Gasteiger partial charge >= 0.3 is 5.97 Å². The van der Waals surface area contributed by atoms with Crippen LogP contribution in [0.3, 0.4) is 0 Å². The topological polar surface area (TPSA) is 109 Å². The lowest BCUT2D eigenvalue weighted by Gasteiger charge is -2.17. The fourth-order valence-corrected chi connectivity index (χ4v) is 3.77. The number of fused-ring (bicyclic) bond motifs is 3. The summed E-state index contributed by atoms with van der Waals surface area (Å²) < 4.78 is 11.7. The molecule has 3 rings (SSSR count). The molecule has 0 radical (unpaired) electrons. The molecule has 0 fully saturated rings. The Morgan fingerprint density at radius 2 is 1.74 bits per heavy atom. The Hall–Kier alpha value is -3.16. The van der Waals surface area contributed by atoms with Crippen LogP contribution in [0.25, 0.3) is 16.4 Å². The van der Waals surface area contributed by atoms with E-state index in [2.05, 4.69) is 37.8 Å². The summed E-state index contributed by atoms with van der Waals surface area (Å²) in [5.74, 6) is 1.49. The van der Waals surface area contributed by atoms with Crippen molar-refractivity contribution < 1.29 is 19.1 Å². The summed E-state index contributed by atoms with van der Waals surface area (Å²) in [6.07, 6.45) is 8.75. The molecule has 0 spiro atoms. The van der Waals surface area contributed by atoms with Gasteiger partial charge in [0.1, 0.15) is 22.6 Å². The van der Waals surface area contributed by atoms with Crippen LogP contribution in [0, 0.1) is 5.92 Å². The van der Waals surface area contributed by atoms with Gasteiger partial charge < -0.3 is 15.2 Å². The number of hydrogen-bond acceptors (Lipinski definition) is 7. The Balaban J connectivity index is 0.000000532. The Bertz CT molecular complexity index is 1180. The van der Waals surface area contributed by atoms with Crippen molar-refractivity contribution in [3.8, 4) is 5.75 Å². The summed E-state index contributed by atoms with van der Waals surface area (Å²) in [6.45, 7) is 15.8. The molecule has 0 saturated heterocycles. The van der Waals surface area contributed by atoms with Gasteiger partial charge in [-0.3, -0.25) is 9.59 Å².